The van der Waals surface area contributed by atoms with Gasteiger partial charge >= 0.3 is 0 Å². The van der Waals surface area contributed by atoms with E-state index >= 15 is 0 Å². The van der Waals surface area contributed by atoms with E-state index in [4.69, 9.17) is 9.47 Å². The molecule has 0 aliphatic carbocycles. The quantitative estimate of drug-likeness (QED) is 0.925. The predicted molar refractivity (Wildman–Crippen MR) is 77.2 cm³/mol. The van der Waals surface area contributed by atoms with E-state index < -0.39 is 0 Å². The fourth-order valence-electron chi connectivity index (χ4n) is 2.70. The van der Waals surface area contributed by atoms with Crippen LogP contribution in [0.4, 0.5) is 0 Å². The molecule has 106 valence electrons. The van der Waals surface area contributed by atoms with E-state index in [1.54, 1.807) is 14.2 Å². The van der Waals surface area contributed by atoms with Gasteiger partial charge in [-0.3, -0.25) is 4.68 Å². The first-order valence-electron chi connectivity index (χ1n) is 6.72. The van der Waals surface area contributed by atoms with Gasteiger partial charge in [0.2, 0.25) is 0 Å². The molecule has 5 heteroatoms. The predicted octanol–water partition coefficient (Wildman–Crippen LogP) is 1.75. The molecule has 1 aliphatic rings. The number of nitrogens with zero attached hydrogens (tertiary/aromatic N) is 2. The van der Waals surface area contributed by atoms with Crippen LogP contribution in [0, 0.1) is 0 Å². The van der Waals surface area contributed by atoms with Crippen LogP contribution in [0.25, 0.3) is 11.3 Å². The SMILES string of the molecule is COc1cc(OC)cc(-c2nn(C)c3c2CNCC3)c1. The maximum atomic E-state index is 5.34. The van der Waals surface area contributed by atoms with Crippen molar-refractivity contribution in [3.05, 3.63) is 29.5 Å². The number of hydrogen-bond donors (Lipinski definition) is 1. The lowest BCUT2D eigenvalue weighted by molar-refractivity contribution is 0.394. The lowest BCUT2D eigenvalue weighted by atomic mass is 10.0. The molecule has 20 heavy (non-hydrogen) atoms. The van der Waals surface area contributed by atoms with Crippen LogP contribution in [0.3, 0.4) is 0 Å². The van der Waals surface area contributed by atoms with Gasteiger partial charge in [-0.05, 0) is 12.1 Å². The van der Waals surface area contributed by atoms with Crippen molar-refractivity contribution in [3.63, 3.8) is 0 Å². The second-order valence-electron chi connectivity index (χ2n) is 4.93. The first kappa shape index (κ1) is 13.0. The van der Waals surface area contributed by atoms with E-state index in [-0.39, 0.29) is 0 Å². The number of aromatic nitrogens is 2. The minimum absolute atomic E-state index is 0.780. The monoisotopic (exact) mass is 273 g/mol. The molecule has 1 aliphatic heterocycles. The third-order valence-electron chi connectivity index (χ3n) is 3.74. The van der Waals surface area contributed by atoms with Gasteiger partial charge in [-0.2, -0.15) is 5.10 Å². The molecule has 0 saturated heterocycles. The van der Waals surface area contributed by atoms with Crippen molar-refractivity contribution in [2.75, 3.05) is 20.8 Å². The molecule has 1 aromatic heterocycles. The van der Waals surface area contributed by atoms with Crippen molar-refractivity contribution in [2.45, 2.75) is 13.0 Å². The van der Waals surface area contributed by atoms with Gasteiger partial charge < -0.3 is 14.8 Å². The Balaban J connectivity index is 2.13. The lowest BCUT2D eigenvalue weighted by Crippen LogP contribution is -2.24. The minimum atomic E-state index is 0.780. The molecular weight excluding hydrogens is 254 g/mol. The van der Waals surface area contributed by atoms with Gasteiger partial charge in [0.05, 0.1) is 19.9 Å². The third-order valence-corrected chi connectivity index (χ3v) is 3.74. The van der Waals surface area contributed by atoms with Crippen LogP contribution in [0.5, 0.6) is 11.5 Å². The summed E-state index contributed by atoms with van der Waals surface area (Å²) in [4.78, 5) is 0. The molecular formula is C15H19N3O2. The minimum Gasteiger partial charge on any atom is -0.497 e. The zero-order valence-corrected chi connectivity index (χ0v) is 12.1. The van der Waals surface area contributed by atoms with Gasteiger partial charge in [0.15, 0.2) is 0 Å². The number of rotatable bonds is 3. The van der Waals surface area contributed by atoms with Crippen molar-refractivity contribution in [2.24, 2.45) is 7.05 Å². The summed E-state index contributed by atoms with van der Waals surface area (Å²) in [7, 11) is 5.33. The Labute approximate surface area is 118 Å². The molecule has 5 nitrogen and oxygen atoms in total. The highest BCUT2D eigenvalue weighted by Crippen LogP contribution is 2.32. The van der Waals surface area contributed by atoms with Gasteiger partial charge in [-0.15, -0.1) is 0 Å². The Morgan fingerprint density at radius 2 is 1.85 bits per heavy atom. The summed E-state index contributed by atoms with van der Waals surface area (Å²) in [5, 5.41) is 8.08. The van der Waals surface area contributed by atoms with E-state index in [1.165, 1.54) is 11.3 Å². The highest BCUT2D eigenvalue weighted by molar-refractivity contribution is 5.68. The van der Waals surface area contributed by atoms with E-state index in [1.807, 2.05) is 29.9 Å². The van der Waals surface area contributed by atoms with Crippen LogP contribution in [-0.4, -0.2) is 30.5 Å². The summed E-state index contributed by atoms with van der Waals surface area (Å²) in [6.45, 7) is 1.87. The second kappa shape index (κ2) is 5.17. The summed E-state index contributed by atoms with van der Waals surface area (Å²) < 4.78 is 12.7. The molecule has 0 atom stereocenters. The molecule has 0 saturated carbocycles. The Kier molecular flexibility index (Phi) is 3.36. The third kappa shape index (κ3) is 2.14. The molecule has 0 spiro atoms. The molecule has 0 fully saturated rings. The number of nitrogens with one attached hydrogen (secondary N) is 1. The molecule has 0 unspecified atom stereocenters. The van der Waals surface area contributed by atoms with Crippen LogP contribution in [-0.2, 0) is 20.0 Å². The Bertz CT molecular complexity index is 612. The zero-order chi connectivity index (χ0) is 14.1. The van der Waals surface area contributed by atoms with Crippen molar-refractivity contribution < 1.29 is 9.47 Å². The van der Waals surface area contributed by atoms with Crippen molar-refractivity contribution in [3.8, 4) is 22.8 Å². The molecule has 3 rings (SSSR count). The van der Waals surface area contributed by atoms with Gasteiger partial charge in [-0.25, -0.2) is 0 Å². The first-order valence-corrected chi connectivity index (χ1v) is 6.72. The van der Waals surface area contributed by atoms with E-state index in [2.05, 4.69) is 10.4 Å². The van der Waals surface area contributed by atoms with Crippen molar-refractivity contribution in [1.82, 2.24) is 15.1 Å². The lowest BCUT2D eigenvalue weighted by Gasteiger charge is -2.14. The van der Waals surface area contributed by atoms with Crippen LogP contribution in [0.15, 0.2) is 18.2 Å². The smallest absolute Gasteiger partial charge is 0.123 e. The zero-order valence-electron chi connectivity index (χ0n) is 12.1. The van der Waals surface area contributed by atoms with E-state index in [0.717, 1.165) is 42.3 Å². The summed E-state index contributed by atoms with van der Waals surface area (Å²) in [5.41, 5.74) is 4.61. The standard InChI is InChI=1S/C15H19N3O2/c1-18-14-4-5-16-9-13(14)15(17-18)10-6-11(19-2)8-12(7-10)20-3/h6-8,16H,4-5,9H2,1-3H3. The van der Waals surface area contributed by atoms with Crippen LogP contribution >= 0.6 is 0 Å². The van der Waals surface area contributed by atoms with E-state index in [9.17, 15) is 0 Å². The molecule has 0 radical (unpaired) electrons. The summed E-state index contributed by atoms with van der Waals surface area (Å²) in [6, 6.07) is 5.87. The largest absolute Gasteiger partial charge is 0.497 e. The summed E-state index contributed by atoms with van der Waals surface area (Å²) >= 11 is 0. The molecule has 2 aromatic rings. The fraction of sp³-hybridized carbons (Fsp3) is 0.400. The highest BCUT2D eigenvalue weighted by atomic mass is 16.5. The molecule has 2 heterocycles. The number of fused-ring (bicyclic) bond motifs is 1. The van der Waals surface area contributed by atoms with Gasteiger partial charge in [-0.1, -0.05) is 0 Å². The van der Waals surface area contributed by atoms with Gasteiger partial charge in [0.25, 0.3) is 0 Å². The highest BCUT2D eigenvalue weighted by Gasteiger charge is 2.20. The fourth-order valence-corrected chi connectivity index (χ4v) is 2.70. The molecule has 1 N–H and O–H groups in total. The average molecular weight is 273 g/mol. The van der Waals surface area contributed by atoms with Gasteiger partial charge in [0, 0.05) is 49.4 Å². The number of methoxy groups -OCH3 is 2. The second-order valence-corrected chi connectivity index (χ2v) is 4.93. The summed E-state index contributed by atoms with van der Waals surface area (Å²) in [6.07, 6.45) is 1.01. The van der Waals surface area contributed by atoms with Crippen molar-refractivity contribution in [1.29, 1.82) is 0 Å². The number of hydrogen-bond acceptors (Lipinski definition) is 4. The van der Waals surface area contributed by atoms with Gasteiger partial charge in [0.1, 0.15) is 11.5 Å². The number of ether oxygens (including phenoxy) is 2. The topological polar surface area (TPSA) is 48.3 Å². The maximum absolute atomic E-state index is 5.34. The molecule has 0 bridgehead atoms. The molecule has 1 aromatic carbocycles. The Hall–Kier alpha value is -2.01. The van der Waals surface area contributed by atoms with Crippen LogP contribution in [0.2, 0.25) is 0 Å². The van der Waals surface area contributed by atoms with Crippen LogP contribution < -0.4 is 14.8 Å². The number of aryl methyl sites for hydroxylation is 1. The Morgan fingerprint density at radius 3 is 2.50 bits per heavy atom. The summed E-state index contributed by atoms with van der Waals surface area (Å²) in [5.74, 6) is 1.56. The first-order chi connectivity index (χ1) is 9.72. The normalized spacial score (nSPS) is 13.9. The Morgan fingerprint density at radius 1 is 1.15 bits per heavy atom. The maximum Gasteiger partial charge on any atom is 0.123 e. The van der Waals surface area contributed by atoms with Crippen LogP contribution in [0.1, 0.15) is 11.3 Å². The number of benzene rings is 1. The van der Waals surface area contributed by atoms with Crippen molar-refractivity contribution >= 4 is 0 Å². The molecule has 0 amide bonds. The van der Waals surface area contributed by atoms with E-state index in [0.29, 0.717) is 0 Å². The average Bonchev–Trinajstić information content (AvgIpc) is 2.84.